The minimum atomic E-state index is -0.923. The molecule has 92 valence electrons. The van der Waals surface area contributed by atoms with Gasteiger partial charge in [0.2, 0.25) is 0 Å². The van der Waals surface area contributed by atoms with Crippen LogP contribution in [0.4, 0.5) is 0 Å². The highest BCUT2D eigenvalue weighted by atomic mass is 35.5. The van der Waals surface area contributed by atoms with E-state index >= 15 is 0 Å². The third-order valence-corrected chi connectivity index (χ3v) is 2.83. The SMILES string of the molecule is C=CCNC(C)(C(=O)OC)c1cccc(Cl)c1. The Bertz CT molecular complexity index is 420. The lowest BCUT2D eigenvalue weighted by Gasteiger charge is -2.28. The predicted molar refractivity (Wildman–Crippen MR) is 69.0 cm³/mol. The summed E-state index contributed by atoms with van der Waals surface area (Å²) in [5, 5.41) is 3.67. The molecular formula is C13H16ClNO2. The largest absolute Gasteiger partial charge is 0.467 e. The quantitative estimate of drug-likeness (QED) is 0.647. The molecule has 0 heterocycles. The molecular weight excluding hydrogens is 238 g/mol. The first-order valence-electron chi connectivity index (χ1n) is 5.25. The molecule has 0 aliphatic heterocycles. The fourth-order valence-electron chi connectivity index (χ4n) is 1.57. The van der Waals surface area contributed by atoms with Crippen LogP contribution >= 0.6 is 11.6 Å². The highest BCUT2D eigenvalue weighted by Crippen LogP contribution is 2.24. The molecule has 1 aromatic rings. The Balaban J connectivity index is 3.13. The van der Waals surface area contributed by atoms with E-state index < -0.39 is 5.54 Å². The number of esters is 1. The molecule has 0 spiro atoms. The molecule has 1 unspecified atom stereocenters. The zero-order valence-electron chi connectivity index (χ0n) is 10.00. The molecule has 4 heteroatoms. The molecule has 0 saturated heterocycles. The van der Waals surface area contributed by atoms with Gasteiger partial charge in [-0.15, -0.1) is 6.58 Å². The topological polar surface area (TPSA) is 38.3 Å². The Morgan fingerprint density at radius 2 is 2.35 bits per heavy atom. The molecule has 1 rings (SSSR count). The Hall–Kier alpha value is -1.32. The summed E-state index contributed by atoms with van der Waals surface area (Å²) >= 11 is 5.93. The van der Waals surface area contributed by atoms with E-state index in [2.05, 4.69) is 11.9 Å². The summed E-state index contributed by atoms with van der Waals surface area (Å²) in [6, 6.07) is 7.14. The molecule has 0 bridgehead atoms. The van der Waals surface area contributed by atoms with Crippen molar-refractivity contribution >= 4 is 17.6 Å². The maximum absolute atomic E-state index is 11.9. The van der Waals surface area contributed by atoms with E-state index in [0.717, 1.165) is 5.56 Å². The second-order valence-corrected chi connectivity index (χ2v) is 4.23. The van der Waals surface area contributed by atoms with Gasteiger partial charge < -0.3 is 4.74 Å². The number of hydrogen-bond donors (Lipinski definition) is 1. The number of halogens is 1. The van der Waals surface area contributed by atoms with Crippen molar-refractivity contribution in [2.75, 3.05) is 13.7 Å². The number of benzene rings is 1. The van der Waals surface area contributed by atoms with Gasteiger partial charge in [-0.2, -0.15) is 0 Å². The third kappa shape index (κ3) is 3.08. The van der Waals surface area contributed by atoms with Gasteiger partial charge >= 0.3 is 5.97 Å². The van der Waals surface area contributed by atoms with Crippen LogP contribution in [0.1, 0.15) is 12.5 Å². The summed E-state index contributed by atoms with van der Waals surface area (Å²) in [4.78, 5) is 11.9. The molecule has 1 atom stereocenters. The van der Waals surface area contributed by atoms with Crippen LogP contribution in [0.5, 0.6) is 0 Å². The van der Waals surface area contributed by atoms with Crippen LogP contribution in [0.15, 0.2) is 36.9 Å². The van der Waals surface area contributed by atoms with Crippen LogP contribution < -0.4 is 5.32 Å². The van der Waals surface area contributed by atoms with E-state index in [0.29, 0.717) is 11.6 Å². The Labute approximate surface area is 106 Å². The Morgan fingerprint density at radius 1 is 1.65 bits per heavy atom. The van der Waals surface area contributed by atoms with E-state index in [-0.39, 0.29) is 5.97 Å². The van der Waals surface area contributed by atoms with E-state index in [9.17, 15) is 4.79 Å². The predicted octanol–water partition coefficient (Wildman–Crippen LogP) is 2.50. The maximum atomic E-state index is 11.9. The van der Waals surface area contributed by atoms with E-state index in [1.54, 1.807) is 31.2 Å². The molecule has 17 heavy (non-hydrogen) atoms. The lowest BCUT2D eigenvalue weighted by Crippen LogP contribution is -2.47. The number of hydrogen-bond acceptors (Lipinski definition) is 3. The van der Waals surface area contributed by atoms with Crippen molar-refractivity contribution < 1.29 is 9.53 Å². The van der Waals surface area contributed by atoms with E-state index in [1.165, 1.54) is 7.11 Å². The fourth-order valence-corrected chi connectivity index (χ4v) is 1.76. The molecule has 1 aromatic carbocycles. The van der Waals surface area contributed by atoms with Crippen LogP contribution in [0, 0.1) is 0 Å². The van der Waals surface area contributed by atoms with Gasteiger partial charge in [0.25, 0.3) is 0 Å². The van der Waals surface area contributed by atoms with Gasteiger partial charge in [-0.3, -0.25) is 5.32 Å². The molecule has 0 saturated carbocycles. The zero-order valence-corrected chi connectivity index (χ0v) is 10.8. The second-order valence-electron chi connectivity index (χ2n) is 3.80. The summed E-state index contributed by atoms with van der Waals surface area (Å²) in [6.45, 7) is 5.88. The third-order valence-electron chi connectivity index (χ3n) is 2.60. The lowest BCUT2D eigenvalue weighted by atomic mass is 9.92. The number of carbonyl (C=O) groups excluding carboxylic acids is 1. The molecule has 0 fully saturated rings. The van der Waals surface area contributed by atoms with Crippen molar-refractivity contribution in [1.82, 2.24) is 5.32 Å². The van der Waals surface area contributed by atoms with Crippen molar-refractivity contribution in [3.63, 3.8) is 0 Å². The van der Waals surface area contributed by atoms with Gasteiger partial charge in [-0.1, -0.05) is 29.8 Å². The Kier molecular flexibility index (Phi) is 4.73. The average Bonchev–Trinajstić information content (AvgIpc) is 2.34. The maximum Gasteiger partial charge on any atom is 0.330 e. The molecule has 0 aliphatic rings. The number of ether oxygens (including phenoxy) is 1. The summed E-state index contributed by atoms with van der Waals surface area (Å²) < 4.78 is 4.83. The van der Waals surface area contributed by atoms with Crippen molar-refractivity contribution in [1.29, 1.82) is 0 Å². The lowest BCUT2D eigenvalue weighted by molar-refractivity contribution is -0.148. The first-order valence-corrected chi connectivity index (χ1v) is 5.62. The smallest absolute Gasteiger partial charge is 0.330 e. The molecule has 0 aromatic heterocycles. The van der Waals surface area contributed by atoms with Crippen LogP contribution in [-0.2, 0) is 15.1 Å². The molecule has 3 nitrogen and oxygen atoms in total. The molecule has 1 N–H and O–H groups in total. The van der Waals surface area contributed by atoms with Gasteiger partial charge in [0.05, 0.1) is 7.11 Å². The first kappa shape index (κ1) is 13.7. The molecule has 0 aliphatic carbocycles. The monoisotopic (exact) mass is 253 g/mol. The van der Waals surface area contributed by atoms with Crippen molar-refractivity contribution in [2.24, 2.45) is 0 Å². The first-order chi connectivity index (χ1) is 8.04. The van der Waals surface area contributed by atoms with Gasteiger partial charge in [-0.25, -0.2) is 4.79 Å². The van der Waals surface area contributed by atoms with Gasteiger partial charge in [-0.05, 0) is 24.6 Å². The standard InChI is InChI=1S/C13H16ClNO2/c1-4-8-15-13(2,12(16)17-3)10-6-5-7-11(14)9-10/h4-7,9,15H,1,8H2,2-3H3. The van der Waals surface area contributed by atoms with Crippen LogP contribution in [-0.4, -0.2) is 19.6 Å². The van der Waals surface area contributed by atoms with Crippen LogP contribution in [0.3, 0.4) is 0 Å². The van der Waals surface area contributed by atoms with Gasteiger partial charge in [0, 0.05) is 11.6 Å². The summed E-state index contributed by atoms with van der Waals surface area (Å²) in [6.07, 6.45) is 1.69. The van der Waals surface area contributed by atoms with Crippen LogP contribution in [0.2, 0.25) is 5.02 Å². The number of carbonyl (C=O) groups is 1. The summed E-state index contributed by atoms with van der Waals surface area (Å²) in [7, 11) is 1.36. The summed E-state index contributed by atoms with van der Waals surface area (Å²) in [5.74, 6) is -0.360. The van der Waals surface area contributed by atoms with Crippen molar-refractivity contribution in [2.45, 2.75) is 12.5 Å². The second kappa shape index (κ2) is 5.84. The molecule has 0 amide bonds. The normalized spacial score (nSPS) is 13.8. The number of nitrogens with one attached hydrogen (secondary N) is 1. The zero-order chi connectivity index (χ0) is 12.9. The minimum Gasteiger partial charge on any atom is -0.467 e. The number of rotatable bonds is 5. The van der Waals surface area contributed by atoms with Gasteiger partial charge in [0.15, 0.2) is 0 Å². The van der Waals surface area contributed by atoms with E-state index in [4.69, 9.17) is 16.3 Å². The van der Waals surface area contributed by atoms with E-state index in [1.807, 2.05) is 6.07 Å². The summed E-state index contributed by atoms with van der Waals surface area (Å²) in [5.41, 5.74) is -0.160. The van der Waals surface area contributed by atoms with Crippen molar-refractivity contribution in [3.8, 4) is 0 Å². The Morgan fingerprint density at radius 3 is 2.88 bits per heavy atom. The van der Waals surface area contributed by atoms with Crippen molar-refractivity contribution in [3.05, 3.63) is 47.5 Å². The minimum absolute atomic E-state index is 0.360. The average molecular weight is 254 g/mol. The number of methoxy groups -OCH3 is 1. The van der Waals surface area contributed by atoms with Gasteiger partial charge in [0.1, 0.15) is 5.54 Å². The highest BCUT2D eigenvalue weighted by molar-refractivity contribution is 6.30. The highest BCUT2D eigenvalue weighted by Gasteiger charge is 2.35. The molecule has 0 radical (unpaired) electrons. The fraction of sp³-hybridized carbons (Fsp3) is 0.308. The van der Waals surface area contributed by atoms with Crippen LogP contribution in [0.25, 0.3) is 0 Å².